The summed E-state index contributed by atoms with van der Waals surface area (Å²) < 4.78 is 11.0. The number of aromatic nitrogens is 4. The molecule has 3 heterocycles. The fraction of sp³-hybridized carbons (Fsp3) is 0.304. The molecule has 0 amide bonds. The molecule has 0 fully saturated rings. The molecule has 5 heteroatoms. The minimum absolute atomic E-state index is 0.00671. The topological polar surface area (TPSA) is 44.9 Å². The lowest BCUT2D eigenvalue weighted by Crippen LogP contribution is -2.12. The van der Waals surface area contributed by atoms with Crippen LogP contribution in [-0.2, 0) is 5.41 Å². The third-order valence-electron chi connectivity index (χ3n) is 10.0. The molecule has 4 aromatic carbocycles. The van der Waals surface area contributed by atoms with Gasteiger partial charge in [0, 0.05) is 40.9 Å². The zero-order chi connectivity index (χ0) is 36.2. The summed E-state index contributed by atoms with van der Waals surface area (Å²) in [5.74, 6) is 3.57. The van der Waals surface area contributed by atoms with E-state index in [0.717, 1.165) is 39.6 Å². The van der Waals surface area contributed by atoms with Crippen molar-refractivity contribution in [3.05, 3.63) is 131 Å². The Kier molecular flexibility index (Phi) is 8.87. The Balaban J connectivity index is 1.31. The maximum Gasteiger partial charge on any atom is 0.137 e. The molecule has 7 rings (SSSR count). The number of benzene rings is 4. The van der Waals surface area contributed by atoms with Crippen LogP contribution in [0.5, 0.6) is 11.5 Å². The van der Waals surface area contributed by atoms with Gasteiger partial charge in [0.2, 0.25) is 0 Å². The van der Waals surface area contributed by atoms with Crippen molar-refractivity contribution >= 4 is 21.8 Å². The van der Waals surface area contributed by atoms with Crippen LogP contribution in [-0.4, -0.2) is 19.3 Å². The van der Waals surface area contributed by atoms with Crippen molar-refractivity contribution in [3.8, 4) is 34.1 Å². The fourth-order valence-corrected chi connectivity index (χ4v) is 7.21. The number of rotatable bonds is 8. The number of aryl methyl sites for hydroxylation is 1. The Morgan fingerprint density at radius 1 is 0.686 bits per heavy atom. The van der Waals surface area contributed by atoms with E-state index in [1.54, 1.807) is 0 Å². The molecule has 0 saturated carbocycles. The molecule has 3 aromatic heterocycles. The largest absolute Gasteiger partial charge is 0.457 e. The first kappa shape index (κ1) is 34.3. The molecule has 0 aliphatic rings. The summed E-state index contributed by atoms with van der Waals surface area (Å²) in [6, 6.07) is 30.4. The van der Waals surface area contributed by atoms with E-state index in [1.165, 1.54) is 44.2 Å². The molecule has 7 aromatic rings. The van der Waals surface area contributed by atoms with Gasteiger partial charge in [-0.1, -0.05) is 98.2 Å². The molecule has 0 radical (unpaired) electrons. The van der Waals surface area contributed by atoms with Crippen molar-refractivity contribution in [3.63, 3.8) is 0 Å². The number of hydrogen-bond acceptors (Lipinski definition) is 3. The number of fused-ring (bicyclic) bond motifs is 3. The molecule has 0 N–H and O–H groups in total. The standard InChI is InChI=1S/C46H50N4O/c1-28(2)32-21-35(49-27-33(26-48-49)45-40(29(3)4)19-31(7)20-41(45)30(5)6)24-37(22-32)51-36-15-16-39-38-13-11-12-14-42(38)50(43(39)25-36)44-23-34(17-18-47-44)46(8,9)10/h11-30H,1-10H3. The van der Waals surface area contributed by atoms with Gasteiger partial charge in [-0.2, -0.15) is 5.10 Å². The lowest BCUT2D eigenvalue weighted by molar-refractivity contribution is 0.481. The molecule has 5 nitrogen and oxygen atoms in total. The Bertz CT molecular complexity index is 2350. The zero-order valence-corrected chi connectivity index (χ0v) is 31.7. The first-order valence-electron chi connectivity index (χ1n) is 18.3. The van der Waals surface area contributed by atoms with Crippen molar-refractivity contribution < 1.29 is 4.74 Å². The first-order chi connectivity index (χ1) is 24.3. The predicted octanol–water partition coefficient (Wildman–Crippen LogP) is 12.8. The summed E-state index contributed by atoms with van der Waals surface area (Å²) in [7, 11) is 0. The SMILES string of the molecule is Cc1cc(C(C)C)c(-c2cnn(-c3cc(Oc4ccc5c6ccccc6n(-c6cc(C(C)(C)C)ccn6)c5c4)cc(C(C)C)c3)c2)c(C(C)C)c1. The molecule has 0 unspecified atom stereocenters. The van der Waals surface area contributed by atoms with E-state index in [2.05, 4.69) is 165 Å². The van der Waals surface area contributed by atoms with Gasteiger partial charge >= 0.3 is 0 Å². The van der Waals surface area contributed by atoms with Crippen LogP contribution < -0.4 is 4.74 Å². The van der Waals surface area contributed by atoms with Gasteiger partial charge in [0.1, 0.15) is 17.3 Å². The molecule has 0 atom stereocenters. The van der Waals surface area contributed by atoms with Crippen molar-refractivity contribution in [1.29, 1.82) is 0 Å². The van der Waals surface area contributed by atoms with E-state index >= 15 is 0 Å². The second kappa shape index (κ2) is 13.2. The minimum atomic E-state index is 0.00671. The van der Waals surface area contributed by atoms with Gasteiger partial charge in [0.25, 0.3) is 0 Å². The highest BCUT2D eigenvalue weighted by Gasteiger charge is 2.20. The van der Waals surface area contributed by atoms with E-state index in [1.807, 2.05) is 17.1 Å². The van der Waals surface area contributed by atoms with Gasteiger partial charge in [-0.3, -0.25) is 4.57 Å². The monoisotopic (exact) mass is 674 g/mol. The van der Waals surface area contributed by atoms with Crippen LogP contribution in [0.2, 0.25) is 0 Å². The Morgan fingerprint density at radius 3 is 2.08 bits per heavy atom. The van der Waals surface area contributed by atoms with Crippen LogP contribution in [0, 0.1) is 6.92 Å². The van der Waals surface area contributed by atoms with E-state index in [-0.39, 0.29) is 5.41 Å². The second-order valence-electron chi connectivity index (χ2n) is 16.0. The third kappa shape index (κ3) is 6.58. The third-order valence-corrected chi connectivity index (χ3v) is 10.0. The van der Waals surface area contributed by atoms with Gasteiger partial charge in [0.05, 0.1) is 22.9 Å². The number of para-hydroxylation sites is 1. The summed E-state index contributed by atoms with van der Waals surface area (Å²) in [5.41, 5.74) is 12.1. The van der Waals surface area contributed by atoms with Crippen LogP contribution >= 0.6 is 0 Å². The van der Waals surface area contributed by atoms with Gasteiger partial charge in [-0.15, -0.1) is 0 Å². The Hall–Kier alpha value is -5.16. The summed E-state index contributed by atoms with van der Waals surface area (Å²) in [4.78, 5) is 4.86. The molecule has 0 aliphatic heterocycles. The average molecular weight is 675 g/mol. The van der Waals surface area contributed by atoms with Crippen LogP contribution in [0.1, 0.15) is 108 Å². The van der Waals surface area contributed by atoms with Gasteiger partial charge < -0.3 is 4.74 Å². The molecular weight excluding hydrogens is 625 g/mol. The summed E-state index contributed by atoms with van der Waals surface area (Å²) >= 11 is 0. The van der Waals surface area contributed by atoms with Crippen LogP contribution in [0.4, 0.5) is 0 Å². The number of ether oxygens (including phenoxy) is 1. The highest BCUT2D eigenvalue weighted by Crippen LogP contribution is 2.39. The van der Waals surface area contributed by atoms with E-state index in [0.29, 0.717) is 17.8 Å². The van der Waals surface area contributed by atoms with Crippen molar-refractivity contribution in [1.82, 2.24) is 19.3 Å². The highest BCUT2D eigenvalue weighted by atomic mass is 16.5. The fourth-order valence-electron chi connectivity index (χ4n) is 7.21. The molecule has 0 spiro atoms. The van der Waals surface area contributed by atoms with Crippen LogP contribution in [0.3, 0.4) is 0 Å². The Morgan fingerprint density at radius 2 is 1.39 bits per heavy atom. The van der Waals surface area contributed by atoms with Crippen molar-refractivity contribution in [2.45, 2.75) is 92.4 Å². The highest BCUT2D eigenvalue weighted by molar-refractivity contribution is 6.09. The minimum Gasteiger partial charge on any atom is -0.457 e. The normalized spacial score (nSPS) is 12.3. The lowest BCUT2D eigenvalue weighted by atomic mass is 9.84. The van der Waals surface area contributed by atoms with Gasteiger partial charge in [-0.05, 0) is 100 Å². The van der Waals surface area contributed by atoms with E-state index in [4.69, 9.17) is 14.8 Å². The van der Waals surface area contributed by atoms with Crippen LogP contribution in [0.15, 0.2) is 104 Å². The molecule has 51 heavy (non-hydrogen) atoms. The number of pyridine rings is 1. The number of hydrogen-bond donors (Lipinski definition) is 0. The maximum atomic E-state index is 6.74. The summed E-state index contributed by atoms with van der Waals surface area (Å²) in [6.45, 7) is 22.5. The van der Waals surface area contributed by atoms with Crippen LogP contribution in [0.25, 0.3) is 44.4 Å². The molecule has 0 aliphatic carbocycles. The zero-order valence-electron chi connectivity index (χ0n) is 31.7. The number of nitrogens with zero attached hydrogens (tertiary/aromatic N) is 4. The average Bonchev–Trinajstić information content (AvgIpc) is 3.70. The molecule has 0 saturated heterocycles. The summed E-state index contributed by atoms with van der Waals surface area (Å²) in [5, 5.41) is 7.28. The maximum absolute atomic E-state index is 6.74. The van der Waals surface area contributed by atoms with Crippen molar-refractivity contribution in [2.24, 2.45) is 0 Å². The lowest BCUT2D eigenvalue weighted by Gasteiger charge is -2.20. The summed E-state index contributed by atoms with van der Waals surface area (Å²) in [6.07, 6.45) is 6.11. The molecular formula is C46H50N4O. The smallest absolute Gasteiger partial charge is 0.137 e. The molecule has 0 bridgehead atoms. The van der Waals surface area contributed by atoms with Crippen molar-refractivity contribution in [2.75, 3.05) is 0 Å². The second-order valence-corrected chi connectivity index (χ2v) is 16.0. The predicted molar refractivity (Wildman–Crippen MR) is 213 cm³/mol. The van der Waals surface area contributed by atoms with E-state index in [9.17, 15) is 0 Å². The van der Waals surface area contributed by atoms with Gasteiger partial charge in [-0.25, -0.2) is 9.67 Å². The first-order valence-corrected chi connectivity index (χ1v) is 18.3. The molecule has 260 valence electrons. The Labute approximate surface area is 302 Å². The van der Waals surface area contributed by atoms with E-state index < -0.39 is 0 Å². The quantitative estimate of drug-likeness (QED) is 0.161. The van der Waals surface area contributed by atoms with Gasteiger partial charge in [0.15, 0.2) is 0 Å².